The van der Waals surface area contributed by atoms with Crippen LogP contribution in [0.3, 0.4) is 0 Å². The number of amides is 1. The van der Waals surface area contributed by atoms with Crippen LogP contribution in [0, 0.1) is 17.5 Å². The molecule has 1 aromatic rings. The predicted molar refractivity (Wildman–Crippen MR) is 82.8 cm³/mol. The van der Waals surface area contributed by atoms with Gasteiger partial charge in [-0.2, -0.15) is 12.6 Å². The maximum atomic E-state index is 13.5. The number of hydrogen-bond acceptors (Lipinski definition) is 5. The highest BCUT2D eigenvalue weighted by Gasteiger charge is 2.35. The fourth-order valence-electron chi connectivity index (χ4n) is 2.46. The second kappa shape index (κ2) is 8.43. The van der Waals surface area contributed by atoms with Gasteiger partial charge in [0.2, 0.25) is 0 Å². The van der Waals surface area contributed by atoms with E-state index in [2.05, 4.69) is 17.4 Å². The summed E-state index contributed by atoms with van der Waals surface area (Å²) in [5.74, 6) is -4.69. The van der Waals surface area contributed by atoms with Crippen molar-refractivity contribution in [3.63, 3.8) is 0 Å². The number of carboxylic acids is 1. The third kappa shape index (κ3) is 5.27. The van der Waals surface area contributed by atoms with Gasteiger partial charge in [-0.1, -0.05) is 0 Å². The number of carboxylic acid groups (broad SMARTS) is 1. The Kier molecular flexibility index (Phi) is 6.54. The maximum Gasteiger partial charge on any atom is 0.410 e. The molecule has 0 spiro atoms. The Morgan fingerprint density at radius 2 is 1.92 bits per heavy atom. The third-order valence-electron chi connectivity index (χ3n) is 3.60. The number of aliphatic carboxylic acids is 1. The first-order valence-electron chi connectivity index (χ1n) is 7.32. The average molecular weight is 379 g/mol. The second-order valence-corrected chi connectivity index (χ2v) is 6.25. The molecule has 1 aliphatic rings. The van der Waals surface area contributed by atoms with Gasteiger partial charge in [-0.15, -0.1) is 0 Å². The van der Waals surface area contributed by atoms with E-state index in [0.29, 0.717) is 18.6 Å². The normalized spacial score (nSPS) is 19.9. The van der Waals surface area contributed by atoms with E-state index in [1.54, 1.807) is 0 Å². The van der Waals surface area contributed by atoms with E-state index in [1.807, 2.05) is 0 Å². The summed E-state index contributed by atoms with van der Waals surface area (Å²) in [7, 11) is 0. The summed E-state index contributed by atoms with van der Waals surface area (Å²) in [6.45, 7) is -0.845. The molecule has 1 aromatic carbocycles. The van der Waals surface area contributed by atoms with Crippen LogP contribution in [-0.4, -0.2) is 53.1 Å². The minimum absolute atomic E-state index is 0.0162. The number of nitrogens with zero attached hydrogens (tertiary/aromatic N) is 1. The molecule has 1 heterocycles. The molecule has 6 nitrogen and oxygen atoms in total. The Morgan fingerprint density at radius 3 is 2.60 bits per heavy atom. The average Bonchev–Trinajstić information content (AvgIpc) is 2.90. The molecule has 0 aliphatic carbocycles. The molecule has 1 N–H and O–H groups in total. The number of hydrogen-bond donors (Lipinski definition) is 2. The molecule has 138 valence electrons. The van der Waals surface area contributed by atoms with Gasteiger partial charge >= 0.3 is 12.1 Å². The monoisotopic (exact) mass is 379 g/mol. The molecular formula is C15H16F3NO5S. The van der Waals surface area contributed by atoms with Crippen LogP contribution in [0.1, 0.15) is 12.0 Å². The smallest absolute Gasteiger partial charge is 0.410 e. The molecular weight excluding hydrogens is 363 g/mol. The van der Waals surface area contributed by atoms with Crippen molar-refractivity contribution < 1.29 is 37.3 Å². The van der Waals surface area contributed by atoms with Crippen molar-refractivity contribution >= 4 is 24.7 Å². The lowest BCUT2D eigenvalue weighted by Gasteiger charge is -2.23. The Bertz CT molecular complexity index is 660. The van der Waals surface area contributed by atoms with Gasteiger partial charge in [-0.25, -0.2) is 22.8 Å². The zero-order valence-electron chi connectivity index (χ0n) is 13.0. The van der Waals surface area contributed by atoms with Crippen LogP contribution in [0.2, 0.25) is 0 Å². The molecule has 0 radical (unpaired) electrons. The van der Waals surface area contributed by atoms with Crippen LogP contribution >= 0.6 is 12.6 Å². The highest BCUT2D eigenvalue weighted by molar-refractivity contribution is 7.81. The van der Waals surface area contributed by atoms with Gasteiger partial charge < -0.3 is 19.5 Å². The molecule has 2 rings (SSSR count). The first-order chi connectivity index (χ1) is 11.8. The molecule has 10 heteroatoms. The Balaban J connectivity index is 1.91. The van der Waals surface area contributed by atoms with Crippen molar-refractivity contribution in [1.29, 1.82) is 0 Å². The van der Waals surface area contributed by atoms with Gasteiger partial charge in [0.05, 0.1) is 19.3 Å². The van der Waals surface area contributed by atoms with Crippen molar-refractivity contribution in [2.75, 3.05) is 19.8 Å². The van der Waals surface area contributed by atoms with Crippen LogP contribution in [-0.2, 0) is 20.9 Å². The van der Waals surface area contributed by atoms with Gasteiger partial charge in [0.25, 0.3) is 0 Å². The molecule has 0 aromatic heterocycles. The minimum Gasteiger partial charge on any atom is -0.479 e. The summed E-state index contributed by atoms with van der Waals surface area (Å²) in [4.78, 5) is 23.6. The number of rotatable bonds is 6. The van der Waals surface area contributed by atoms with E-state index in [0.717, 1.165) is 0 Å². The zero-order chi connectivity index (χ0) is 18.6. The Hall–Kier alpha value is -1.94. The predicted octanol–water partition coefficient (Wildman–Crippen LogP) is 2.21. The van der Waals surface area contributed by atoms with Gasteiger partial charge in [0.15, 0.2) is 18.2 Å². The molecule has 1 fully saturated rings. The van der Waals surface area contributed by atoms with Gasteiger partial charge in [-0.05, 0) is 12.5 Å². The van der Waals surface area contributed by atoms with Crippen LogP contribution in [0.15, 0.2) is 12.1 Å². The summed E-state index contributed by atoms with van der Waals surface area (Å²) in [5, 5.41) is 8.38. The van der Waals surface area contributed by atoms with Crippen LogP contribution < -0.4 is 0 Å². The highest BCUT2D eigenvalue weighted by Crippen LogP contribution is 2.23. The Labute approximate surface area is 146 Å². The van der Waals surface area contributed by atoms with E-state index < -0.39 is 42.2 Å². The van der Waals surface area contributed by atoms with E-state index >= 15 is 0 Å². The maximum absolute atomic E-state index is 13.5. The van der Waals surface area contributed by atoms with Crippen molar-refractivity contribution in [1.82, 2.24) is 4.90 Å². The molecule has 1 amide bonds. The second-order valence-electron chi connectivity index (χ2n) is 5.52. The van der Waals surface area contributed by atoms with Crippen molar-refractivity contribution in [2.45, 2.75) is 24.3 Å². The number of carbonyl (C=O) groups excluding carboxylic acids is 1. The quantitative estimate of drug-likeness (QED) is 0.586. The summed E-state index contributed by atoms with van der Waals surface area (Å²) >= 11 is 4.27. The number of thiol groups is 1. The first-order valence-corrected chi connectivity index (χ1v) is 7.84. The summed E-state index contributed by atoms with van der Waals surface area (Å²) < 4.78 is 49.5. The van der Waals surface area contributed by atoms with Crippen LogP contribution in [0.25, 0.3) is 0 Å². The summed E-state index contributed by atoms with van der Waals surface area (Å²) in [6.07, 6.45) is -0.350. The summed E-state index contributed by atoms with van der Waals surface area (Å²) in [5.41, 5.74) is -0.153. The SMILES string of the molecule is O=C(O)COC(=O)N1C[C@H](S)C[C@H]1COCc1cc(F)c(F)cc1F. The largest absolute Gasteiger partial charge is 0.479 e. The van der Waals surface area contributed by atoms with Gasteiger partial charge in [-0.3, -0.25) is 0 Å². The number of carbonyl (C=O) groups is 2. The lowest BCUT2D eigenvalue weighted by Crippen LogP contribution is -2.39. The van der Waals surface area contributed by atoms with Crippen molar-refractivity contribution in [3.8, 4) is 0 Å². The molecule has 1 saturated heterocycles. The molecule has 0 saturated carbocycles. The zero-order valence-corrected chi connectivity index (χ0v) is 13.8. The lowest BCUT2D eigenvalue weighted by molar-refractivity contribution is -0.140. The number of halogens is 3. The van der Waals surface area contributed by atoms with E-state index in [-0.39, 0.29) is 30.6 Å². The molecule has 0 bridgehead atoms. The number of likely N-dealkylation sites (tertiary alicyclic amines) is 1. The van der Waals surface area contributed by atoms with E-state index in [9.17, 15) is 22.8 Å². The third-order valence-corrected chi connectivity index (χ3v) is 3.98. The lowest BCUT2D eigenvalue weighted by atomic mass is 10.2. The fourth-order valence-corrected chi connectivity index (χ4v) is 2.88. The standard InChI is InChI=1S/C15H16F3NO5S/c16-11-3-13(18)12(17)1-8(11)5-23-6-9-2-10(25)4-19(9)15(22)24-7-14(20)21/h1,3,9-10,25H,2,4-7H2,(H,20,21)/t9-,10+/m0/s1. The van der Waals surface area contributed by atoms with Crippen LogP contribution in [0.4, 0.5) is 18.0 Å². The number of ether oxygens (including phenoxy) is 2. The summed E-state index contributed by atoms with van der Waals surface area (Å²) in [6, 6.07) is 0.694. The highest BCUT2D eigenvalue weighted by atomic mass is 32.1. The van der Waals surface area contributed by atoms with E-state index in [1.165, 1.54) is 4.90 Å². The van der Waals surface area contributed by atoms with Crippen molar-refractivity contribution in [2.24, 2.45) is 0 Å². The number of benzene rings is 1. The van der Waals surface area contributed by atoms with Crippen LogP contribution in [0.5, 0.6) is 0 Å². The topological polar surface area (TPSA) is 76.1 Å². The minimum atomic E-state index is -1.29. The molecule has 25 heavy (non-hydrogen) atoms. The van der Waals surface area contributed by atoms with Gasteiger partial charge in [0.1, 0.15) is 5.82 Å². The fraction of sp³-hybridized carbons (Fsp3) is 0.467. The Morgan fingerprint density at radius 1 is 1.24 bits per heavy atom. The first kappa shape index (κ1) is 19.4. The molecule has 2 atom stereocenters. The molecule has 1 aliphatic heterocycles. The molecule has 0 unspecified atom stereocenters. The van der Waals surface area contributed by atoms with E-state index in [4.69, 9.17) is 9.84 Å². The van der Waals surface area contributed by atoms with Gasteiger partial charge in [0, 0.05) is 23.4 Å². The van der Waals surface area contributed by atoms with Crippen molar-refractivity contribution in [3.05, 3.63) is 35.1 Å².